The predicted octanol–water partition coefficient (Wildman–Crippen LogP) is 1.43. The second-order valence-electron chi connectivity index (χ2n) is 4.38. The largest absolute Gasteiger partial charge is 0.454 e. The summed E-state index contributed by atoms with van der Waals surface area (Å²) in [6, 6.07) is 5.78. The van der Waals surface area contributed by atoms with Gasteiger partial charge in [-0.3, -0.25) is 0 Å². The molecule has 0 aromatic heterocycles. The summed E-state index contributed by atoms with van der Waals surface area (Å²) < 4.78 is 5.33. The Balaban J connectivity index is 2.46. The lowest BCUT2D eigenvalue weighted by Gasteiger charge is -2.33. The lowest BCUT2D eigenvalue weighted by Crippen LogP contribution is -2.45. The van der Waals surface area contributed by atoms with E-state index in [1.54, 1.807) is 0 Å². The first-order valence-corrected chi connectivity index (χ1v) is 5.07. The van der Waals surface area contributed by atoms with Crippen molar-refractivity contribution in [2.45, 2.75) is 25.9 Å². The molecule has 0 spiro atoms. The third kappa shape index (κ3) is 1.75. The van der Waals surface area contributed by atoms with Gasteiger partial charge >= 0.3 is 5.97 Å². The zero-order valence-electron chi connectivity index (χ0n) is 9.04. The number of carbonyl (C=O) groups excluding carboxylic acids is 1. The number of carbonyl (C=O) groups is 1. The van der Waals surface area contributed by atoms with Gasteiger partial charge in [-0.1, -0.05) is 17.7 Å². The fourth-order valence-electron chi connectivity index (χ4n) is 1.90. The highest BCUT2D eigenvalue weighted by Crippen LogP contribution is 2.27. The molecule has 1 aliphatic rings. The second kappa shape index (κ2) is 3.35. The fourth-order valence-corrected chi connectivity index (χ4v) is 1.90. The van der Waals surface area contributed by atoms with E-state index >= 15 is 0 Å². The Morgan fingerprint density at radius 2 is 2.27 bits per heavy atom. The highest BCUT2D eigenvalue weighted by Gasteiger charge is 2.34. The topological polar surface area (TPSA) is 52.3 Å². The lowest BCUT2D eigenvalue weighted by atomic mass is 9.89. The Labute approximate surface area is 89.2 Å². The quantitative estimate of drug-likeness (QED) is 0.705. The molecule has 15 heavy (non-hydrogen) atoms. The molecule has 0 amide bonds. The maximum absolute atomic E-state index is 11.7. The smallest absolute Gasteiger partial charge is 0.339 e. The van der Waals surface area contributed by atoms with Crippen molar-refractivity contribution >= 4 is 5.97 Å². The van der Waals surface area contributed by atoms with Gasteiger partial charge in [-0.05, 0) is 25.5 Å². The molecule has 1 heterocycles. The van der Waals surface area contributed by atoms with Crippen LogP contribution in [0.5, 0.6) is 0 Å². The number of nitrogens with two attached hydrogens (primary N) is 1. The summed E-state index contributed by atoms with van der Waals surface area (Å²) >= 11 is 0. The van der Waals surface area contributed by atoms with Crippen LogP contribution < -0.4 is 5.73 Å². The van der Waals surface area contributed by atoms with E-state index in [-0.39, 0.29) is 5.97 Å². The van der Waals surface area contributed by atoms with Gasteiger partial charge in [0.1, 0.15) is 5.60 Å². The first-order chi connectivity index (χ1) is 7.04. The van der Waals surface area contributed by atoms with Gasteiger partial charge in [0.25, 0.3) is 0 Å². The Morgan fingerprint density at radius 3 is 2.93 bits per heavy atom. The van der Waals surface area contributed by atoms with E-state index in [0.717, 1.165) is 11.1 Å². The molecule has 1 aromatic rings. The minimum absolute atomic E-state index is 0.260. The molecule has 0 fully saturated rings. The summed E-state index contributed by atoms with van der Waals surface area (Å²) in [6.45, 7) is 4.24. The Kier molecular flexibility index (Phi) is 2.27. The third-order valence-electron chi connectivity index (χ3n) is 2.82. The lowest BCUT2D eigenvalue weighted by molar-refractivity contribution is -0.0110. The molecule has 1 unspecified atom stereocenters. The van der Waals surface area contributed by atoms with Crippen LogP contribution in [0.3, 0.4) is 0 Å². The summed E-state index contributed by atoms with van der Waals surface area (Å²) in [6.07, 6.45) is 0.701. The minimum Gasteiger partial charge on any atom is -0.454 e. The van der Waals surface area contributed by atoms with E-state index < -0.39 is 5.60 Å². The van der Waals surface area contributed by atoms with Crippen molar-refractivity contribution in [1.82, 2.24) is 0 Å². The molecule has 1 aliphatic heterocycles. The number of cyclic esters (lactones) is 1. The second-order valence-corrected chi connectivity index (χ2v) is 4.38. The van der Waals surface area contributed by atoms with Crippen molar-refractivity contribution in [1.29, 1.82) is 0 Å². The van der Waals surface area contributed by atoms with Gasteiger partial charge in [-0.15, -0.1) is 0 Å². The molecule has 1 atom stereocenters. The van der Waals surface area contributed by atoms with E-state index in [1.165, 1.54) is 0 Å². The number of hydrogen-bond donors (Lipinski definition) is 1. The summed E-state index contributed by atoms with van der Waals surface area (Å²) in [5, 5.41) is 0. The molecular formula is C12H15NO2. The zero-order chi connectivity index (χ0) is 11.1. The molecule has 2 rings (SSSR count). The number of hydrogen-bond acceptors (Lipinski definition) is 3. The number of ether oxygens (including phenoxy) is 1. The van der Waals surface area contributed by atoms with Crippen molar-refractivity contribution in [3.8, 4) is 0 Å². The normalized spacial score (nSPS) is 24.6. The molecule has 0 saturated heterocycles. The minimum atomic E-state index is -0.544. The maximum Gasteiger partial charge on any atom is 0.339 e. The molecule has 3 nitrogen and oxygen atoms in total. The van der Waals surface area contributed by atoms with Crippen LogP contribution in [0.2, 0.25) is 0 Å². The Hall–Kier alpha value is -1.35. The number of rotatable bonds is 1. The van der Waals surface area contributed by atoms with Crippen molar-refractivity contribution in [2.75, 3.05) is 6.54 Å². The highest BCUT2D eigenvalue weighted by atomic mass is 16.6. The van der Waals surface area contributed by atoms with Crippen LogP contribution in [-0.4, -0.2) is 18.1 Å². The van der Waals surface area contributed by atoms with Crippen LogP contribution in [0.15, 0.2) is 18.2 Å². The van der Waals surface area contributed by atoms with Crippen LogP contribution in [0, 0.1) is 6.92 Å². The van der Waals surface area contributed by atoms with E-state index in [0.29, 0.717) is 18.5 Å². The van der Waals surface area contributed by atoms with Crippen molar-refractivity contribution in [3.05, 3.63) is 34.9 Å². The van der Waals surface area contributed by atoms with Crippen molar-refractivity contribution in [2.24, 2.45) is 5.73 Å². The standard InChI is InChI=1S/C12H15NO2/c1-8-3-4-10-9(5-8)6-12(2,7-13)15-11(10)14/h3-5H,6-7,13H2,1-2H3. The zero-order valence-corrected chi connectivity index (χ0v) is 9.04. The average molecular weight is 205 g/mol. The molecule has 80 valence electrons. The van der Waals surface area contributed by atoms with Crippen LogP contribution in [0.4, 0.5) is 0 Å². The van der Waals surface area contributed by atoms with Gasteiger partial charge < -0.3 is 10.5 Å². The van der Waals surface area contributed by atoms with Gasteiger partial charge in [-0.2, -0.15) is 0 Å². The predicted molar refractivity (Wildman–Crippen MR) is 57.8 cm³/mol. The first kappa shape index (κ1) is 10.2. The van der Waals surface area contributed by atoms with Crippen molar-refractivity contribution < 1.29 is 9.53 Å². The maximum atomic E-state index is 11.7. The fraction of sp³-hybridized carbons (Fsp3) is 0.417. The van der Waals surface area contributed by atoms with Gasteiger partial charge in [0.2, 0.25) is 0 Å². The molecule has 2 N–H and O–H groups in total. The first-order valence-electron chi connectivity index (χ1n) is 5.07. The number of aryl methyl sites for hydroxylation is 1. The highest BCUT2D eigenvalue weighted by molar-refractivity contribution is 5.92. The van der Waals surface area contributed by atoms with Crippen LogP contribution in [0.1, 0.15) is 28.4 Å². The molecule has 0 aliphatic carbocycles. The van der Waals surface area contributed by atoms with E-state index in [9.17, 15) is 4.79 Å². The van der Waals surface area contributed by atoms with Gasteiger partial charge in [0.05, 0.1) is 5.56 Å². The number of benzene rings is 1. The SMILES string of the molecule is Cc1ccc2c(c1)CC(C)(CN)OC2=O. The van der Waals surface area contributed by atoms with E-state index in [4.69, 9.17) is 10.5 Å². The van der Waals surface area contributed by atoms with Gasteiger partial charge in [0.15, 0.2) is 0 Å². The number of esters is 1. The average Bonchev–Trinajstić information content (AvgIpc) is 2.16. The van der Waals surface area contributed by atoms with Gasteiger partial charge in [-0.25, -0.2) is 4.79 Å². The number of fused-ring (bicyclic) bond motifs is 1. The third-order valence-corrected chi connectivity index (χ3v) is 2.82. The van der Waals surface area contributed by atoms with Gasteiger partial charge in [0, 0.05) is 13.0 Å². The van der Waals surface area contributed by atoms with Crippen LogP contribution in [0.25, 0.3) is 0 Å². The van der Waals surface area contributed by atoms with Crippen molar-refractivity contribution in [3.63, 3.8) is 0 Å². The molecule has 0 radical (unpaired) electrons. The van der Waals surface area contributed by atoms with E-state index in [2.05, 4.69) is 0 Å². The van der Waals surface area contributed by atoms with Crippen LogP contribution in [-0.2, 0) is 11.2 Å². The van der Waals surface area contributed by atoms with Crippen LogP contribution >= 0.6 is 0 Å². The molecule has 0 bridgehead atoms. The summed E-state index contributed by atoms with van der Waals surface area (Å²) in [4.78, 5) is 11.7. The Morgan fingerprint density at radius 1 is 1.53 bits per heavy atom. The molecule has 0 saturated carbocycles. The molecule has 1 aromatic carbocycles. The molecular weight excluding hydrogens is 190 g/mol. The summed E-state index contributed by atoms with van der Waals surface area (Å²) in [5.74, 6) is -0.260. The van der Waals surface area contributed by atoms with E-state index in [1.807, 2.05) is 32.0 Å². The monoisotopic (exact) mass is 205 g/mol. The summed E-state index contributed by atoms with van der Waals surface area (Å²) in [7, 11) is 0. The summed E-state index contributed by atoms with van der Waals surface area (Å²) in [5.41, 5.74) is 7.94. The Bertz CT molecular complexity index is 414. The molecule has 3 heteroatoms.